The first-order valence-corrected chi connectivity index (χ1v) is 7.21. The number of nitrogens with two attached hydrogens (primary N) is 1. The van der Waals surface area contributed by atoms with E-state index in [1.54, 1.807) is 0 Å². The van der Waals surface area contributed by atoms with E-state index in [9.17, 15) is 0 Å². The molecular weight excluding hydrogens is 246 g/mol. The molecule has 1 aromatic carbocycles. The molecule has 0 aliphatic rings. The summed E-state index contributed by atoms with van der Waals surface area (Å²) >= 11 is 0. The van der Waals surface area contributed by atoms with Gasteiger partial charge in [-0.15, -0.1) is 0 Å². The highest BCUT2D eigenvalue weighted by Crippen LogP contribution is 2.16. The number of aryl methyl sites for hydroxylation is 1. The third-order valence-electron chi connectivity index (χ3n) is 3.36. The lowest BCUT2D eigenvalue weighted by atomic mass is 10.2. The van der Waals surface area contributed by atoms with Gasteiger partial charge in [0.05, 0.1) is 0 Å². The van der Waals surface area contributed by atoms with Crippen LogP contribution in [0.4, 0.5) is 5.69 Å². The summed E-state index contributed by atoms with van der Waals surface area (Å²) in [4.78, 5) is 6.79. The van der Waals surface area contributed by atoms with Gasteiger partial charge in [0.15, 0.2) is 0 Å². The molecule has 3 nitrogen and oxygen atoms in total. The van der Waals surface area contributed by atoms with Crippen molar-refractivity contribution in [3.63, 3.8) is 0 Å². The SMILES string of the molecule is Cc1cccc(N(CCCN)CCc2ccccn2)c1. The molecule has 0 spiro atoms. The van der Waals surface area contributed by atoms with E-state index in [1.807, 2.05) is 18.3 Å². The molecule has 0 aliphatic carbocycles. The summed E-state index contributed by atoms with van der Waals surface area (Å²) in [7, 11) is 0. The summed E-state index contributed by atoms with van der Waals surface area (Å²) in [6, 6.07) is 14.7. The second-order valence-corrected chi connectivity index (χ2v) is 5.04. The maximum absolute atomic E-state index is 5.65. The average molecular weight is 269 g/mol. The van der Waals surface area contributed by atoms with Crippen molar-refractivity contribution in [2.24, 2.45) is 5.73 Å². The van der Waals surface area contributed by atoms with Gasteiger partial charge in [0.25, 0.3) is 0 Å². The number of aromatic nitrogens is 1. The van der Waals surface area contributed by atoms with Crippen LogP contribution >= 0.6 is 0 Å². The van der Waals surface area contributed by atoms with Gasteiger partial charge in [-0.1, -0.05) is 18.2 Å². The smallest absolute Gasteiger partial charge is 0.0421 e. The number of anilines is 1. The summed E-state index contributed by atoms with van der Waals surface area (Å²) in [5.74, 6) is 0. The predicted octanol–water partition coefficient (Wildman–Crippen LogP) is 2.79. The van der Waals surface area contributed by atoms with Gasteiger partial charge in [-0.25, -0.2) is 0 Å². The van der Waals surface area contributed by atoms with E-state index in [4.69, 9.17) is 5.73 Å². The highest BCUT2D eigenvalue weighted by Gasteiger charge is 2.07. The number of hydrogen-bond acceptors (Lipinski definition) is 3. The van der Waals surface area contributed by atoms with Crippen LogP contribution in [-0.2, 0) is 6.42 Å². The van der Waals surface area contributed by atoms with Gasteiger partial charge >= 0.3 is 0 Å². The number of pyridine rings is 1. The van der Waals surface area contributed by atoms with Gasteiger partial charge in [-0.05, 0) is 49.7 Å². The first-order valence-electron chi connectivity index (χ1n) is 7.21. The normalized spacial score (nSPS) is 10.5. The largest absolute Gasteiger partial charge is 0.371 e. The Hall–Kier alpha value is -1.87. The Bertz CT molecular complexity index is 511. The number of benzene rings is 1. The molecule has 0 atom stereocenters. The molecule has 2 N–H and O–H groups in total. The minimum absolute atomic E-state index is 0.728. The standard InChI is InChI=1S/C17H23N3/c1-15-6-4-8-17(14-15)20(12-5-10-18)13-9-16-7-2-3-11-19-16/h2-4,6-8,11,14H,5,9-10,12-13,18H2,1H3. The van der Waals surface area contributed by atoms with Crippen LogP contribution in [0, 0.1) is 6.92 Å². The summed E-state index contributed by atoms with van der Waals surface area (Å²) in [5.41, 5.74) is 9.35. The van der Waals surface area contributed by atoms with Crippen molar-refractivity contribution < 1.29 is 0 Å². The molecule has 0 fully saturated rings. The highest BCUT2D eigenvalue weighted by atomic mass is 15.1. The second-order valence-electron chi connectivity index (χ2n) is 5.04. The summed E-state index contributed by atoms with van der Waals surface area (Å²) in [5, 5.41) is 0. The lowest BCUT2D eigenvalue weighted by molar-refractivity contribution is 0.723. The molecule has 0 saturated carbocycles. The summed E-state index contributed by atoms with van der Waals surface area (Å²) < 4.78 is 0. The van der Waals surface area contributed by atoms with Gasteiger partial charge in [0.1, 0.15) is 0 Å². The van der Waals surface area contributed by atoms with Crippen LogP contribution in [0.2, 0.25) is 0 Å². The van der Waals surface area contributed by atoms with E-state index in [0.29, 0.717) is 0 Å². The van der Waals surface area contributed by atoms with Crippen molar-refractivity contribution >= 4 is 5.69 Å². The van der Waals surface area contributed by atoms with E-state index in [0.717, 1.165) is 38.2 Å². The van der Waals surface area contributed by atoms with Crippen LogP contribution in [0.25, 0.3) is 0 Å². The van der Waals surface area contributed by atoms with Crippen molar-refractivity contribution in [1.82, 2.24) is 4.98 Å². The zero-order valence-corrected chi connectivity index (χ0v) is 12.1. The van der Waals surface area contributed by atoms with Crippen molar-refractivity contribution in [1.29, 1.82) is 0 Å². The van der Waals surface area contributed by atoms with E-state index in [1.165, 1.54) is 11.3 Å². The monoisotopic (exact) mass is 269 g/mol. The topological polar surface area (TPSA) is 42.1 Å². The maximum atomic E-state index is 5.65. The van der Waals surface area contributed by atoms with Gasteiger partial charge in [0, 0.05) is 37.1 Å². The molecule has 106 valence electrons. The first kappa shape index (κ1) is 14.5. The Morgan fingerprint density at radius 1 is 1.10 bits per heavy atom. The molecule has 0 aliphatic heterocycles. The molecule has 2 aromatic rings. The molecule has 3 heteroatoms. The van der Waals surface area contributed by atoms with E-state index >= 15 is 0 Å². The molecule has 0 amide bonds. The van der Waals surface area contributed by atoms with E-state index in [-0.39, 0.29) is 0 Å². The Kier molecular flexibility index (Phi) is 5.56. The Morgan fingerprint density at radius 2 is 2.00 bits per heavy atom. The molecular formula is C17H23N3. The number of nitrogens with zero attached hydrogens (tertiary/aromatic N) is 2. The fourth-order valence-corrected chi connectivity index (χ4v) is 2.27. The highest BCUT2D eigenvalue weighted by molar-refractivity contribution is 5.48. The molecule has 20 heavy (non-hydrogen) atoms. The Balaban J connectivity index is 2.03. The van der Waals surface area contributed by atoms with E-state index in [2.05, 4.69) is 47.1 Å². The van der Waals surface area contributed by atoms with Crippen molar-refractivity contribution in [3.8, 4) is 0 Å². The Morgan fingerprint density at radius 3 is 2.70 bits per heavy atom. The van der Waals surface area contributed by atoms with Crippen molar-refractivity contribution in [2.75, 3.05) is 24.5 Å². The van der Waals surface area contributed by atoms with Gasteiger partial charge in [-0.3, -0.25) is 4.98 Å². The molecule has 0 unspecified atom stereocenters. The van der Waals surface area contributed by atoms with Crippen molar-refractivity contribution in [3.05, 3.63) is 59.9 Å². The average Bonchev–Trinajstić information content (AvgIpc) is 2.48. The lowest BCUT2D eigenvalue weighted by Crippen LogP contribution is -2.28. The summed E-state index contributed by atoms with van der Waals surface area (Å²) in [6.07, 6.45) is 3.82. The molecule has 1 heterocycles. The molecule has 0 bridgehead atoms. The lowest BCUT2D eigenvalue weighted by Gasteiger charge is -2.25. The van der Waals surface area contributed by atoms with Crippen LogP contribution in [0.15, 0.2) is 48.7 Å². The second kappa shape index (κ2) is 7.65. The zero-order chi connectivity index (χ0) is 14.2. The van der Waals surface area contributed by atoms with Crippen molar-refractivity contribution in [2.45, 2.75) is 19.8 Å². The summed E-state index contributed by atoms with van der Waals surface area (Å²) in [6.45, 7) is 4.82. The first-order chi connectivity index (χ1) is 9.79. The molecule has 0 saturated heterocycles. The zero-order valence-electron chi connectivity index (χ0n) is 12.1. The predicted molar refractivity (Wildman–Crippen MR) is 85.0 cm³/mol. The van der Waals surface area contributed by atoms with Gasteiger partial charge < -0.3 is 10.6 Å². The van der Waals surface area contributed by atoms with Gasteiger partial charge in [-0.2, -0.15) is 0 Å². The molecule has 2 rings (SSSR count). The van der Waals surface area contributed by atoms with Crippen LogP contribution in [0.3, 0.4) is 0 Å². The number of rotatable bonds is 7. The fraction of sp³-hybridized carbons (Fsp3) is 0.353. The quantitative estimate of drug-likeness (QED) is 0.840. The van der Waals surface area contributed by atoms with Crippen LogP contribution in [0.5, 0.6) is 0 Å². The number of hydrogen-bond donors (Lipinski definition) is 1. The van der Waals surface area contributed by atoms with Crippen LogP contribution in [-0.4, -0.2) is 24.6 Å². The van der Waals surface area contributed by atoms with Crippen LogP contribution in [0.1, 0.15) is 17.7 Å². The van der Waals surface area contributed by atoms with E-state index < -0.39 is 0 Å². The third kappa shape index (κ3) is 4.35. The minimum atomic E-state index is 0.728. The molecule has 1 aromatic heterocycles. The fourth-order valence-electron chi connectivity index (χ4n) is 2.27. The van der Waals surface area contributed by atoms with Crippen LogP contribution < -0.4 is 10.6 Å². The third-order valence-corrected chi connectivity index (χ3v) is 3.36. The maximum Gasteiger partial charge on any atom is 0.0421 e. The van der Waals surface area contributed by atoms with Gasteiger partial charge in [0.2, 0.25) is 0 Å². The molecule has 0 radical (unpaired) electrons. The Labute approximate surface area is 121 Å². The minimum Gasteiger partial charge on any atom is -0.371 e.